The van der Waals surface area contributed by atoms with Crippen molar-refractivity contribution in [2.45, 2.75) is 45.5 Å². The molecule has 2 rings (SSSR count). The number of aliphatic hydroxyl groups excluding tert-OH is 1. The largest absolute Gasteiger partial charge is 0.423 e. The zero-order valence-corrected chi connectivity index (χ0v) is 12.4. The summed E-state index contributed by atoms with van der Waals surface area (Å²) in [6.07, 6.45) is 4.12. The van der Waals surface area contributed by atoms with E-state index in [1.165, 1.54) is 0 Å². The smallest absolute Gasteiger partial charge is 0.255 e. The van der Waals surface area contributed by atoms with Crippen LogP contribution in [0.3, 0.4) is 0 Å². The lowest BCUT2D eigenvalue weighted by atomic mass is 10.1. The summed E-state index contributed by atoms with van der Waals surface area (Å²) in [4.78, 5) is 13.4. The van der Waals surface area contributed by atoms with E-state index in [0.717, 1.165) is 12.8 Å². The molecule has 2 heterocycles. The highest BCUT2D eigenvalue weighted by Crippen LogP contribution is 2.15. The Morgan fingerprint density at radius 3 is 2.95 bits per heavy atom. The van der Waals surface area contributed by atoms with E-state index in [4.69, 9.17) is 9.15 Å². The minimum Gasteiger partial charge on any atom is -0.423 e. The number of nitrogens with zero attached hydrogens (tertiary/aromatic N) is 3. The first-order valence-electron chi connectivity index (χ1n) is 7.14. The highest BCUT2D eigenvalue weighted by atomic mass is 16.5. The third-order valence-corrected chi connectivity index (χ3v) is 3.20. The monoisotopic (exact) mass is 295 g/mol. The standard InChI is InChI=1S/C14H21N3O4/c1-3-4-5-6-12(18)14(19)17-7-11(8-17)20-9-13-16-15-10(2)21-13/h5-6,11-12,18H,3-4,7-9H2,1-2H3/b6-5+. The molecule has 7 heteroatoms. The number of hydrogen-bond donors (Lipinski definition) is 1. The predicted octanol–water partition coefficient (Wildman–Crippen LogP) is 0.823. The molecule has 0 aliphatic carbocycles. The number of carbonyl (C=O) groups excluding carboxylic acids is 1. The van der Waals surface area contributed by atoms with Crippen molar-refractivity contribution >= 4 is 5.91 Å². The van der Waals surface area contributed by atoms with Crippen LogP contribution in [0, 0.1) is 6.92 Å². The number of carbonyl (C=O) groups is 1. The van der Waals surface area contributed by atoms with Crippen molar-refractivity contribution in [1.29, 1.82) is 0 Å². The van der Waals surface area contributed by atoms with Gasteiger partial charge < -0.3 is 19.2 Å². The quantitative estimate of drug-likeness (QED) is 0.749. The van der Waals surface area contributed by atoms with Gasteiger partial charge in [0.15, 0.2) is 6.10 Å². The number of amides is 1. The van der Waals surface area contributed by atoms with Crippen molar-refractivity contribution < 1.29 is 19.1 Å². The predicted molar refractivity (Wildman–Crippen MR) is 74.2 cm³/mol. The maximum Gasteiger partial charge on any atom is 0.255 e. The van der Waals surface area contributed by atoms with Gasteiger partial charge >= 0.3 is 0 Å². The third-order valence-electron chi connectivity index (χ3n) is 3.20. The summed E-state index contributed by atoms with van der Waals surface area (Å²) in [6, 6.07) is 0. The average Bonchev–Trinajstić information content (AvgIpc) is 2.82. The van der Waals surface area contributed by atoms with Crippen LogP contribution in [0.1, 0.15) is 31.5 Å². The van der Waals surface area contributed by atoms with Crippen LogP contribution in [-0.2, 0) is 16.1 Å². The van der Waals surface area contributed by atoms with Gasteiger partial charge in [0.05, 0.1) is 6.10 Å². The summed E-state index contributed by atoms with van der Waals surface area (Å²) < 4.78 is 10.7. The van der Waals surface area contributed by atoms with Crippen LogP contribution in [0.15, 0.2) is 16.6 Å². The van der Waals surface area contributed by atoms with Gasteiger partial charge in [0.2, 0.25) is 11.8 Å². The second kappa shape index (κ2) is 7.33. The molecule has 1 unspecified atom stereocenters. The van der Waals surface area contributed by atoms with E-state index in [0.29, 0.717) is 24.9 Å². The van der Waals surface area contributed by atoms with E-state index in [-0.39, 0.29) is 18.6 Å². The van der Waals surface area contributed by atoms with Crippen molar-refractivity contribution in [1.82, 2.24) is 15.1 Å². The Labute approximate surface area is 123 Å². The molecule has 1 aromatic rings. The summed E-state index contributed by atoms with van der Waals surface area (Å²) in [5.74, 6) is 0.650. The zero-order valence-electron chi connectivity index (χ0n) is 12.4. The average molecular weight is 295 g/mol. The maximum absolute atomic E-state index is 11.9. The summed E-state index contributed by atoms with van der Waals surface area (Å²) >= 11 is 0. The lowest BCUT2D eigenvalue weighted by molar-refractivity contribution is -0.152. The van der Waals surface area contributed by atoms with E-state index < -0.39 is 6.10 Å². The molecule has 1 N–H and O–H groups in total. The second-order valence-electron chi connectivity index (χ2n) is 5.05. The Morgan fingerprint density at radius 2 is 2.33 bits per heavy atom. The first kappa shape index (κ1) is 15.7. The lowest BCUT2D eigenvalue weighted by Gasteiger charge is -2.39. The molecular formula is C14H21N3O4. The van der Waals surface area contributed by atoms with Crippen molar-refractivity contribution in [2.75, 3.05) is 13.1 Å². The third kappa shape index (κ3) is 4.37. The van der Waals surface area contributed by atoms with Gasteiger partial charge in [-0.05, 0) is 6.42 Å². The summed E-state index contributed by atoms with van der Waals surface area (Å²) in [5, 5.41) is 17.3. The fourth-order valence-electron chi connectivity index (χ4n) is 1.97. The Kier molecular flexibility index (Phi) is 5.46. The fourth-order valence-corrected chi connectivity index (χ4v) is 1.97. The van der Waals surface area contributed by atoms with Crippen LogP contribution in [0.2, 0.25) is 0 Å². The van der Waals surface area contributed by atoms with Crippen LogP contribution in [0.5, 0.6) is 0 Å². The lowest BCUT2D eigenvalue weighted by Crippen LogP contribution is -2.57. The molecule has 1 aliphatic heterocycles. The van der Waals surface area contributed by atoms with E-state index in [1.54, 1.807) is 17.9 Å². The normalized spacial score (nSPS) is 17.2. The molecule has 1 aliphatic rings. The van der Waals surface area contributed by atoms with Crippen LogP contribution in [0.25, 0.3) is 0 Å². The molecule has 1 atom stereocenters. The SMILES string of the molecule is CCC/C=C/C(O)C(=O)N1CC(OCc2nnc(C)o2)C1. The van der Waals surface area contributed by atoms with Crippen LogP contribution in [-0.4, -0.2) is 51.4 Å². The Balaban J connectivity index is 1.67. The first-order chi connectivity index (χ1) is 10.1. The number of aryl methyl sites for hydroxylation is 1. The molecule has 0 bridgehead atoms. The van der Waals surface area contributed by atoms with Crippen LogP contribution >= 0.6 is 0 Å². The minimum atomic E-state index is -1.06. The number of likely N-dealkylation sites (tertiary alicyclic amines) is 1. The number of unbranched alkanes of at least 4 members (excludes halogenated alkanes) is 1. The molecule has 0 spiro atoms. The highest BCUT2D eigenvalue weighted by Gasteiger charge is 2.33. The molecule has 7 nitrogen and oxygen atoms in total. The van der Waals surface area contributed by atoms with Gasteiger partial charge in [-0.2, -0.15) is 0 Å². The van der Waals surface area contributed by atoms with E-state index in [9.17, 15) is 9.90 Å². The number of allylic oxidation sites excluding steroid dienone is 1. The highest BCUT2D eigenvalue weighted by molar-refractivity contribution is 5.83. The molecule has 0 aromatic carbocycles. The van der Waals surface area contributed by atoms with Gasteiger partial charge in [0.1, 0.15) is 6.61 Å². The Morgan fingerprint density at radius 1 is 1.57 bits per heavy atom. The van der Waals surface area contributed by atoms with Crippen molar-refractivity contribution in [3.8, 4) is 0 Å². The van der Waals surface area contributed by atoms with Gasteiger partial charge in [-0.25, -0.2) is 0 Å². The Hall–Kier alpha value is -1.73. The van der Waals surface area contributed by atoms with Crippen molar-refractivity contribution in [3.63, 3.8) is 0 Å². The van der Waals surface area contributed by atoms with Gasteiger partial charge in [-0.1, -0.05) is 25.5 Å². The molecule has 0 saturated carbocycles. The van der Waals surface area contributed by atoms with Gasteiger partial charge in [-0.15, -0.1) is 10.2 Å². The van der Waals surface area contributed by atoms with Gasteiger partial charge in [0.25, 0.3) is 5.91 Å². The minimum absolute atomic E-state index is 0.0482. The molecule has 1 aromatic heterocycles. The molecule has 1 saturated heterocycles. The molecule has 1 fully saturated rings. The number of rotatable bonds is 7. The maximum atomic E-state index is 11.9. The van der Waals surface area contributed by atoms with E-state index in [1.807, 2.05) is 13.0 Å². The second-order valence-corrected chi connectivity index (χ2v) is 5.05. The van der Waals surface area contributed by atoms with E-state index in [2.05, 4.69) is 10.2 Å². The van der Waals surface area contributed by atoms with Gasteiger partial charge in [-0.3, -0.25) is 4.79 Å². The molecule has 116 valence electrons. The molecule has 21 heavy (non-hydrogen) atoms. The topological polar surface area (TPSA) is 88.7 Å². The Bertz CT molecular complexity index is 494. The van der Waals surface area contributed by atoms with Crippen LogP contribution in [0.4, 0.5) is 0 Å². The number of hydrogen-bond acceptors (Lipinski definition) is 6. The molecule has 0 radical (unpaired) electrons. The summed E-state index contributed by atoms with van der Waals surface area (Å²) in [7, 11) is 0. The van der Waals surface area contributed by atoms with Crippen molar-refractivity contribution in [2.24, 2.45) is 0 Å². The number of aromatic nitrogens is 2. The zero-order chi connectivity index (χ0) is 15.2. The van der Waals surface area contributed by atoms with Crippen LogP contribution < -0.4 is 0 Å². The fraction of sp³-hybridized carbons (Fsp3) is 0.643. The summed E-state index contributed by atoms with van der Waals surface area (Å²) in [5.41, 5.74) is 0. The summed E-state index contributed by atoms with van der Waals surface area (Å²) in [6.45, 7) is 4.95. The molecule has 1 amide bonds. The number of aliphatic hydroxyl groups is 1. The van der Waals surface area contributed by atoms with Crippen molar-refractivity contribution in [3.05, 3.63) is 23.9 Å². The van der Waals surface area contributed by atoms with Gasteiger partial charge in [0, 0.05) is 20.0 Å². The number of ether oxygens (including phenoxy) is 1. The first-order valence-corrected chi connectivity index (χ1v) is 7.14. The van der Waals surface area contributed by atoms with E-state index >= 15 is 0 Å². The molecular weight excluding hydrogens is 274 g/mol.